The van der Waals surface area contributed by atoms with E-state index in [4.69, 9.17) is 0 Å². The van der Waals surface area contributed by atoms with Crippen LogP contribution in [0.15, 0.2) is 107 Å². The number of para-hydroxylation sites is 2. The molecule has 0 aliphatic heterocycles. The Hall–Kier alpha value is -3.02. The third-order valence-electron chi connectivity index (χ3n) is 5.59. The van der Waals surface area contributed by atoms with E-state index >= 15 is 0 Å². The molecule has 0 atom stereocenters. The molecule has 44 heavy (non-hydrogen) atoms. The molecule has 4 rings (SSSR count). The molecule has 0 spiro atoms. The third-order valence-corrected chi connectivity index (χ3v) is 7.37. The van der Waals surface area contributed by atoms with Gasteiger partial charge in [-0.3, -0.25) is 0 Å². The van der Waals surface area contributed by atoms with Gasteiger partial charge < -0.3 is 30.4 Å². The van der Waals surface area contributed by atoms with E-state index in [0.29, 0.717) is 11.4 Å². The molecule has 12 nitrogen and oxygen atoms in total. The average Bonchev–Trinajstić information content (AvgIpc) is 2.92. The van der Waals surface area contributed by atoms with Crippen LogP contribution in [-0.4, -0.2) is 38.0 Å². The summed E-state index contributed by atoms with van der Waals surface area (Å²) in [6.07, 6.45) is 2.27. The molecule has 0 aliphatic rings. The van der Waals surface area contributed by atoms with Gasteiger partial charge >= 0.3 is 71.2 Å². The number of hydrogen-bond donors (Lipinski definition) is 4. The predicted octanol–water partition coefficient (Wildman–Crippen LogP) is -1.04. The number of hydrogen-bond acceptors (Lipinski definition) is 8. The number of amides is 4. The fourth-order valence-electron chi connectivity index (χ4n) is 3.74. The molecule has 0 unspecified atom stereocenters. The van der Waals surface area contributed by atoms with Gasteiger partial charge in [0.1, 0.15) is 20.2 Å². The standard InChI is InChI=1S/C28H24N4O8S2.2Na/c33-27(29-21-7-3-1-4-8-21)31-23-15-13-19(25(17-23)41(35,36)37)11-12-20-14-16-24(18-26(20)42(38,39)40)32-28(34)30-22-9-5-2-6-10-22;;/h1-18H,(H2,29,31,33)(H2,30,32,34)(H,35,36,37)(H,38,39,40);;/q;2*+1/p-2/b12-11+;;. The summed E-state index contributed by atoms with van der Waals surface area (Å²) in [6.45, 7) is 0. The first-order chi connectivity index (χ1) is 19.9. The average molecular weight is 653 g/mol. The van der Waals surface area contributed by atoms with E-state index in [1.165, 1.54) is 24.3 Å². The van der Waals surface area contributed by atoms with Crippen molar-refractivity contribution in [2.75, 3.05) is 21.3 Å². The first kappa shape index (κ1) is 37.2. The second-order valence-corrected chi connectivity index (χ2v) is 11.3. The van der Waals surface area contributed by atoms with Crippen molar-refractivity contribution in [3.8, 4) is 0 Å². The van der Waals surface area contributed by atoms with Gasteiger partial charge in [0, 0.05) is 22.7 Å². The van der Waals surface area contributed by atoms with Crippen molar-refractivity contribution >= 4 is 67.2 Å². The minimum atomic E-state index is -5.05. The summed E-state index contributed by atoms with van der Waals surface area (Å²) in [7, 11) is -10.1. The van der Waals surface area contributed by atoms with E-state index in [9.17, 15) is 35.5 Å². The van der Waals surface area contributed by atoms with Gasteiger partial charge in [-0.25, -0.2) is 26.4 Å². The van der Waals surface area contributed by atoms with Crippen molar-refractivity contribution in [3.63, 3.8) is 0 Å². The molecule has 0 fully saturated rings. The second kappa shape index (κ2) is 16.3. The molecule has 0 saturated heterocycles. The van der Waals surface area contributed by atoms with Crippen LogP contribution in [0, 0.1) is 0 Å². The number of nitrogens with one attached hydrogen (secondary N) is 4. The molecule has 4 N–H and O–H groups in total. The molecule has 0 aromatic heterocycles. The summed E-state index contributed by atoms with van der Waals surface area (Å²) < 4.78 is 71.9. The molecule has 4 aromatic rings. The van der Waals surface area contributed by atoms with Gasteiger partial charge in [0.15, 0.2) is 0 Å². The Morgan fingerprint density at radius 1 is 0.500 bits per heavy atom. The minimum absolute atomic E-state index is 0. The first-order valence-corrected chi connectivity index (χ1v) is 14.8. The summed E-state index contributed by atoms with van der Waals surface area (Å²) in [4.78, 5) is 23.2. The Morgan fingerprint density at radius 3 is 1.14 bits per heavy atom. The van der Waals surface area contributed by atoms with E-state index in [1.54, 1.807) is 60.7 Å². The molecule has 4 amide bonds. The van der Waals surface area contributed by atoms with Gasteiger partial charge in [0.25, 0.3) is 0 Å². The first-order valence-electron chi connectivity index (χ1n) is 12.0. The summed E-state index contributed by atoms with van der Waals surface area (Å²) in [5.74, 6) is 0. The number of anilines is 4. The molecule has 0 saturated carbocycles. The van der Waals surface area contributed by atoms with Crippen molar-refractivity contribution < 1.29 is 94.6 Å². The molecule has 16 heteroatoms. The Kier molecular flexibility index (Phi) is 13.8. The maximum Gasteiger partial charge on any atom is 1.00 e. The molecule has 216 valence electrons. The molecule has 0 radical (unpaired) electrons. The molecule has 4 aromatic carbocycles. The zero-order chi connectivity index (χ0) is 30.3. The monoisotopic (exact) mass is 652 g/mol. The van der Waals surface area contributed by atoms with E-state index < -0.39 is 42.1 Å². The molecule has 0 bridgehead atoms. The van der Waals surface area contributed by atoms with Crippen LogP contribution in [0.25, 0.3) is 12.2 Å². The van der Waals surface area contributed by atoms with E-state index in [0.717, 1.165) is 24.3 Å². The van der Waals surface area contributed by atoms with Gasteiger partial charge in [-0.15, -0.1) is 0 Å². The van der Waals surface area contributed by atoms with E-state index in [2.05, 4.69) is 21.3 Å². The maximum atomic E-state index is 12.3. The summed E-state index contributed by atoms with van der Waals surface area (Å²) >= 11 is 0. The van der Waals surface area contributed by atoms with Crippen molar-refractivity contribution in [2.24, 2.45) is 0 Å². The summed E-state index contributed by atoms with van der Waals surface area (Å²) in [5.41, 5.74) is 0.710. The Morgan fingerprint density at radius 2 is 0.818 bits per heavy atom. The number of urea groups is 2. The SMILES string of the molecule is O=C(Nc1ccccc1)Nc1ccc(/C=C/c2ccc(NC(=O)Nc3ccccc3)cc2S(=O)(=O)[O-])c(S(=O)(=O)[O-])c1.[Na+].[Na+]. The van der Waals surface area contributed by atoms with Gasteiger partial charge in [0.05, 0.1) is 9.79 Å². The molecular formula is C28H22N4Na2O8S2. The summed E-state index contributed by atoms with van der Waals surface area (Å²) in [6, 6.07) is 22.6. The number of carbonyl (C=O) groups is 2. The van der Waals surface area contributed by atoms with Crippen LogP contribution in [0.1, 0.15) is 11.1 Å². The van der Waals surface area contributed by atoms with E-state index in [-0.39, 0.29) is 81.6 Å². The summed E-state index contributed by atoms with van der Waals surface area (Å²) in [5, 5.41) is 9.96. The largest absolute Gasteiger partial charge is 1.00 e. The van der Waals surface area contributed by atoms with Crippen molar-refractivity contribution in [2.45, 2.75) is 9.79 Å². The van der Waals surface area contributed by atoms with Crippen molar-refractivity contribution in [1.82, 2.24) is 0 Å². The molecular weight excluding hydrogens is 630 g/mol. The molecule has 0 heterocycles. The third kappa shape index (κ3) is 10.9. The fourth-order valence-corrected chi connectivity index (χ4v) is 5.13. The zero-order valence-electron chi connectivity index (χ0n) is 23.5. The normalized spacial score (nSPS) is 11.0. The van der Waals surface area contributed by atoms with Crippen LogP contribution in [0.5, 0.6) is 0 Å². The topological polar surface area (TPSA) is 197 Å². The Labute approximate surface area is 298 Å². The van der Waals surface area contributed by atoms with Crippen molar-refractivity contribution in [1.29, 1.82) is 0 Å². The predicted molar refractivity (Wildman–Crippen MR) is 156 cm³/mol. The number of benzene rings is 4. The maximum absolute atomic E-state index is 12.3. The minimum Gasteiger partial charge on any atom is -0.744 e. The second-order valence-electron chi connectivity index (χ2n) is 8.64. The van der Waals surface area contributed by atoms with Crippen LogP contribution in [-0.2, 0) is 20.2 Å². The fraction of sp³-hybridized carbons (Fsp3) is 0. The Balaban J connectivity index is 0.00000337. The van der Waals surface area contributed by atoms with Gasteiger partial charge in [0.2, 0.25) is 0 Å². The number of carbonyl (C=O) groups excluding carboxylic acids is 2. The van der Waals surface area contributed by atoms with E-state index in [1.807, 2.05) is 0 Å². The quantitative estimate of drug-likeness (QED) is 0.105. The number of rotatable bonds is 8. The van der Waals surface area contributed by atoms with Crippen LogP contribution < -0.4 is 80.4 Å². The van der Waals surface area contributed by atoms with Crippen LogP contribution in [0.2, 0.25) is 0 Å². The van der Waals surface area contributed by atoms with Crippen LogP contribution in [0.4, 0.5) is 32.3 Å². The Bertz CT molecular complexity index is 1740. The van der Waals surface area contributed by atoms with Crippen molar-refractivity contribution in [3.05, 3.63) is 108 Å². The smallest absolute Gasteiger partial charge is 0.744 e. The van der Waals surface area contributed by atoms with Gasteiger partial charge in [-0.2, -0.15) is 0 Å². The van der Waals surface area contributed by atoms with Gasteiger partial charge in [-0.05, 0) is 59.7 Å². The molecule has 0 aliphatic carbocycles. The van der Waals surface area contributed by atoms with Crippen LogP contribution in [0.3, 0.4) is 0 Å². The zero-order valence-corrected chi connectivity index (χ0v) is 29.1. The van der Waals surface area contributed by atoms with Crippen LogP contribution >= 0.6 is 0 Å². The van der Waals surface area contributed by atoms with Gasteiger partial charge in [-0.1, -0.05) is 60.7 Å².